The Labute approximate surface area is 509 Å². The van der Waals surface area contributed by atoms with Crippen LogP contribution in [0.4, 0.5) is 0 Å². The van der Waals surface area contributed by atoms with Crippen molar-refractivity contribution >= 4 is 92.7 Å². The number of rotatable bonds is 4. The second-order valence-electron chi connectivity index (χ2n) is 23.5. The van der Waals surface area contributed by atoms with Gasteiger partial charge in [-0.15, -0.1) is 0 Å². The summed E-state index contributed by atoms with van der Waals surface area (Å²) in [5, 5.41) is 18.0. The van der Waals surface area contributed by atoms with Crippen molar-refractivity contribution in [2.24, 2.45) is 0 Å². The summed E-state index contributed by atoms with van der Waals surface area (Å²) in [6.45, 7) is 1.44. The third kappa shape index (κ3) is 14.8. The summed E-state index contributed by atoms with van der Waals surface area (Å²) in [6.07, 6.45) is 7.83. The fourth-order valence-corrected chi connectivity index (χ4v) is 12.3. The van der Waals surface area contributed by atoms with E-state index in [0.29, 0.717) is 73.2 Å². The van der Waals surface area contributed by atoms with E-state index in [2.05, 4.69) is 41.9 Å². The third-order valence-electron chi connectivity index (χ3n) is 17.4. The zero-order valence-corrected chi connectivity index (χ0v) is 50.2. The molecule has 2 aromatic heterocycles. The fraction of sp³-hybridized carbons (Fsp3) is 0.516. The molecule has 5 aliphatic rings. The SMILES string of the molecule is C[C@H]1NC(=O)[C@@H]2CCCCN2C(=O)CN(C)C(=O)CNC(=O)[C@@H]2CCCCN2C(=O)[C@H](NC(=O)c2cnc3ccccc3c2)[C@@H](C)NC(=O)[C@@H]2CCCCN2C(=O)CN(C)C(=O)CNC(=O)[C@@H]2CCCCN2C(=O)[C@@H]1NC(=O)c1cnc2ccccc2c1. The average molecular weight is 1210 g/mol. The van der Waals surface area contributed by atoms with Gasteiger partial charge in [0.25, 0.3) is 11.8 Å². The summed E-state index contributed by atoms with van der Waals surface area (Å²) in [5.74, 6) is -7.85. The Morgan fingerprint density at radius 1 is 0.455 bits per heavy atom. The van der Waals surface area contributed by atoms with Crippen LogP contribution in [-0.2, 0) is 47.9 Å². The quantitative estimate of drug-likeness (QED) is 0.161. The molecule has 0 bridgehead atoms. The average Bonchev–Trinajstić information content (AvgIpc) is 2.03. The highest BCUT2D eigenvalue weighted by atomic mass is 16.2. The molecule has 8 atom stereocenters. The van der Waals surface area contributed by atoms with E-state index in [0.717, 1.165) is 9.80 Å². The number of piperidine rings is 4. The van der Waals surface area contributed by atoms with Gasteiger partial charge in [0.2, 0.25) is 59.1 Å². The number of hydrogen-bond donors (Lipinski definition) is 6. The summed E-state index contributed by atoms with van der Waals surface area (Å²) in [6, 6.07) is 7.95. The van der Waals surface area contributed by atoms with Crippen LogP contribution in [0.25, 0.3) is 21.8 Å². The van der Waals surface area contributed by atoms with Crippen molar-refractivity contribution in [2.45, 2.75) is 139 Å². The zero-order chi connectivity index (χ0) is 62.8. The Balaban J connectivity index is 0.988. The number of aromatic nitrogens is 2. The zero-order valence-electron chi connectivity index (χ0n) is 50.2. The summed E-state index contributed by atoms with van der Waals surface area (Å²) in [4.78, 5) is 188. The van der Waals surface area contributed by atoms with Crippen LogP contribution in [-0.4, -0.2) is 225 Å². The van der Waals surface area contributed by atoms with Crippen LogP contribution in [0.1, 0.15) is 112 Å². The molecule has 12 amide bonds. The van der Waals surface area contributed by atoms with E-state index in [1.165, 1.54) is 59.9 Å². The molecular formula is C62H78N14O12. The van der Waals surface area contributed by atoms with E-state index in [-0.39, 0.29) is 63.0 Å². The van der Waals surface area contributed by atoms with Crippen LogP contribution in [0.5, 0.6) is 0 Å². The van der Waals surface area contributed by atoms with Crippen LogP contribution in [0.3, 0.4) is 0 Å². The van der Waals surface area contributed by atoms with Crippen molar-refractivity contribution in [3.8, 4) is 0 Å². The predicted octanol–water partition coefficient (Wildman–Crippen LogP) is 0.377. The topological polar surface area (TPSA) is 322 Å². The minimum Gasteiger partial charge on any atom is -0.349 e. The van der Waals surface area contributed by atoms with Crippen molar-refractivity contribution in [1.29, 1.82) is 0 Å². The third-order valence-corrected chi connectivity index (χ3v) is 17.4. The minimum absolute atomic E-state index is 0.0850. The first-order valence-corrected chi connectivity index (χ1v) is 30.4. The number of carbonyl (C=O) groups is 12. The maximum atomic E-state index is 15.0. The molecule has 5 saturated heterocycles. The standard InChI is InChI=1S/C62H78N14O12/c1-37-53(69-55(81)41-29-39-17-5-7-19-43(39)63-31-41)61(87)75-27-15-11-21-45(75)57(83)65-33-49(77)72(4)36-52(80)74-26-14-10-24-48(74)60(86)68-38(2)54(70-56(82)42-30-40-18-6-8-20-44(40)64-32-42)62(88)76-28-16-12-22-46(76)58(84)66-34-50(78)71(3)35-51(79)73-25-13-9-23-47(73)59(85)67-37/h5-8,17-20,29-32,37-38,45-48,53-54H,9-16,21-28,33-36H2,1-4H3,(H,65,83)(H,66,84)(H,67,85)(H,68,86)(H,69,81)(H,70,82)/t37-,38-,45+,46+,47+,48+,53-,54-/m1/s1. The Hall–Kier alpha value is -9.10. The molecule has 5 fully saturated rings. The Kier molecular flexibility index (Phi) is 20.6. The van der Waals surface area contributed by atoms with Gasteiger partial charge in [-0.3, -0.25) is 67.5 Å². The molecule has 9 rings (SSSR count). The van der Waals surface area contributed by atoms with Crippen molar-refractivity contribution in [3.63, 3.8) is 0 Å². The Morgan fingerprint density at radius 2 is 0.795 bits per heavy atom. The van der Waals surface area contributed by atoms with Crippen molar-refractivity contribution in [3.05, 3.63) is 84.2 Å². The number of para-hydroxylation sites is 2. The molecule has 7 heterocycles. The molecule has 26 nitrogen and oxygen atoms in total. The predicted molar refractivity (Wildman–Crippen MR) is 320 cm³/mol. The van der Waals surface area contributed by atoms with Gasteiger partial charge in [0.1, 0.15) is 36.3 Å². The molecule has 6 N–H and O–H groups in total. The summed E-state index contributed by atoms with van der Waals surface area (Å²) >= 11 is 0. The molecule has 0 radical (unpaired) electrons. The van der Waals surface area contributed by atoms with Crippen molar-refractivity contribution < 1.29 is 57.5 Å². The summed E-state index contributed by atoms with van der Waals surface area (Å²) in [7, 11) is 2.75. The fourth-order valence-electron chi connectivity index (χ4n) is 12.3. The number of amides is 12. The number of hydrogen-bond acceptors (Lipinski definition) is 14. The van der Waals surface area contributed by atoms with Gasteiger partial charge < -0.3 is 61.3 Å². The van der Waals surface area contributed by atoms with Crippen LogP contribution in [0.2, 0.25) is 0 Å². The second kappa shape index (κ2) is 28.6. The maximum Gasteiger partial charge on any atom is 0.253 e. The number of benzene rings is 2. The minimum atomic E-state index is -1.47. The van der Waals surface area contributed by atoms with E-state index in [1.807, 2.05) is 0 Å². The van der Waals surface area contributed by atoms with Gasteiger partial charge in [-0.2, -0.15) is 0 Å². The number of carbonyl (C=O) groups excluding carboxylic acids is 12. The van der Waals surface area contributed by atoms with Crippen LogP contribution in [0, 0.1) is 0 Å². The number of nitrogens with zero attached hydrogens (tertiary/aromatic N) is 8. The van der Waals surface area contributed by atoms with E-state index in [4.69, 9.17) is 0 Å². The normalized spacial score (nSPS) is 26.0. The van der Waals surface area contributed by atoms with Gasteiger partial charge in [0, 0.05) is 63.4 Å². The Bertz CT molecular complexity index is 3150. The first-order chi connectivity index (χ1) is 42.3. The van der Waals surface area contributed by atoms with E-state index >= 15 is 9.59 Å². The molecule has 0 unspecified atom stereocenters. The maximum absolute atomic E-state index is 15.0. The highest BCUT2D eigenvalue weighted by Crippen LogP contribution is 2.25. The monoisotopic (exact) mass is 1210 g/mol. The largest absolute Gasteiger partial charge is 0.349 e. The molecule has 0 saturated carbocycles. The first kappa shape index (κ1) is 63.4. The lowest BCUT2D eigenvalue weighted by Crippen LogP contribution is -2.64. The lowest BCUT2D eigenvalue weighted by molar-refractivity contribution is -0.148. The highest BCUT2D eigenvalue weighted by molar-refractivity contribution is 6.03. The van der Waals surface area contributed by atoms with E-state index in [1.54, 1.807) is 60.7 Å². The Morgan fingerprint density at radius 3 is 1.17 bits per heavy atom. The van der Waals surface area contributed by atoms with Gasteiger partial charge in [0.05, 0.1) is 60.4 Å². The van der Waals surface area contributed by atoms with E-state index in [9.17, 15) is 47.9 Å². The van der Waals surface area contributed by atoms with Crippen molar-refractivity contribution in [2.75, 3.05) is 66.5 Å². The lowest BCUT2D eigenvalue weighted by atomic mass is 9.97. The molecule has 88 heavy (non-hydrogen) atoms. The molecule has 26 heteroatoms. The lowest BCUT2D eigenvalue weighted by Gasteiger charge is -2.40. The second-order valence-corrected chi connectivity index (χ2v) is 23.5. The summed E-state index contributed by atoms with van der Waals surface area (Å²) in [5.41, 5.74) is 1.49. The molecule has 468 valence electrons. The highest BCUT2D eigenvalue weighted by Gasteiger charge is 2.44. The van der Waals surface area contributed by atoms with Crippen molar-refractivity contribution in [1.82, 2.24) is 71.3 Å². The smallest absolute Gasteiger partial charge is 0.253 e. The number of nitrogens with one attached hydrogen (secondary N) is 6. The van der Waals surface area contributed by atoms with Gasteiger partial charge >= 0.3 is 0 Å². The molecule has 4 aromatic rings. The number of pyridine rings is 2. The van der Waals surface area contributed by atoms with Crippen LogP contribution < -0.4 is 31.9 Å². The molecular weight excluding hydrogens is 1130 g/mol. The van der Waals surface area contributed by atoms with Gasteiger partial charge in [-0.05, 0) is 115 Å². The first-order valence-electron chi connectivity index (χ1n) is 30.4. The number of likely N-dealkylation sites (N-methyl/N-ethyl adjacent to an activating group) is 2. The molecule has 0 aliphatic carbocycles. The molecule has 0 spiro atoms. The molecule has 2 aromatic carbocycles. The van der Waals surface area contributed by atoms with Gasteiger partial charge in [-0.25, -0.2) is 0 Å². The van der Waals surface area contributed by atoms with Gasteiger partial charge in [-0.1, -0.05) is 36.4 Å². The summed E-state index contributed by atoms with van der Waals surface area (Å²) < 4.78 is 0. The van der Waals surface area contributed by atoms with Gasteiger partial charge in [0.15, 0.2) is 0 Å². The van der Waals surface area contributed by atoms with E-state index < -0.39 is 145 Å². The molecule has 5 aliphatic heterocycles. The van der Waals surface area contributed by atoms with Crippen LogP contribution >= 0.6 is 0 Å². The van der Waals surface area contributed by atoms with Crippen LogP contribution in [0.15, 0.2) is 73.1 Å². The number of fused-ring (bicyclic) bond motifs is 6.